The minimum Gasteiger partial charge on any atom is -0.491 e. The smallest absolute Gasteiger partial charge is 0.306 e. The van der Waals surface area contributed by atoms with E-state index in [1.165, 1.54) is 12.1 Å². The van der Waals surface area contributed by atoms with Crippen LogP contribution in [-0.4, -0.2) is 56.9 Å². The fraction of sp³-hybridized carbons (Fsp3) is 0.458. The third kappa shape index (κ3) is 6.55. The molecule has 0 spiro atoms. The van der Waals surface area contributed by atoms with Crippen molar-refractivity contribution in [3.8, 4) is 17.2 Å². The highest BCUT2D eigenvalue weighted by atomic mass is 32.2. The molecule has 1 aromatic heterocycles. The van der Waals surface area contributed by atoms with Crippen LogP contribution in [0.5, 0.6) is 17.2 Å². The summed E-state index contributed by atoms with van der Waals surface area (Å²) >= 11 is 0. The van der Waals surface area contributed by atoms with Crippen LogP contribution >= 0.6 is 0 Å². The number of likely N-dealkylation sites (tertiary alicyclic amines) is 1. The lowest BCUT2D eigenvalue weighted by atomic mass is 10.0. The lowest BCUT2D eigenvalue weighted by Gasteiger charge is -2.32. The van der Waals surface area contributed by atoms with Crippen LogP contribution < -0.4 is 19.0 Å². The average Bonchev–Trinajstić information content (AvgIpc) is 3.19. The van der Waals surface area contributed by atoms with Crippen LogP contribution in [0.25, 0.3) is 11.1 Å². The van der Waals surface area contributed by atoms with Gasteiger partial charge in [-0.3, -0.25) is 4.90 Å². The second kappa shape index (κ2) is 10.7. The Morgan fingerprint density at radius 1 is 1.11 bits per heavy atom. The first-order valence-corrected chi connectivity index (χ1v) is 13.4. The van der Waals surface area contributed by atoms with E-state index >= 15 is 0 Å². The molecule has 4 rings (SSSR count). The number of oxazole rings is 1. The second-order valence-corrected chi connectivity index (χ2v) is 9.98. The number of hydrogen-bond donors (Lipinski definition) is 1. The van der Waals surface area contributed by atoms with Crippen LogP contribution in [0.4, 0.5) is 10.4 Å². The third-order valence-corrected chi connectivity index (χ3v) is 6.09. The van der Waals surface area contributed by atoms with Gasteiger partial charge in [-0.2, -0.15) is 17.8 Å². The first-order chi connectivity index (χ1) is 16.7. The molecule has 3 aromatic rings. The topological polar surface area (TPSA) is 103 Å². The summed E-state index contributed by atoms with van der Waals surface area (Å²) in [6, 6.07) is 8.74. The zero-order valence-corrected chi connectivity index (χ0v) is 20.9. The zero-order valence-electron chi connectivity index (χ0n) is 20.0. The van der Waals surface area contributed by atoms with Crippen LogP contribution in [0.3, 0.4) is 0 Å². The third-order valence-electron chi connectivity index (χ3n) is 5.59. The Labute approximate surface area is 204 Å². The van der Waals surface area contributed by atoms with Gasteiger partial charge in [0.15, 0.2) is 17.1 Å². The van der Waals surface area contributed by atoms with Crippen molar-refractivity contribution >= 4 is 27.2 Å². The first-order valence-electron chi connectivity index (χ1n) is 11.6. The Balaban J connectivity index is 1.35. The van der Waals surface area contributed by atoms with E-state index in [0.717, 1.165) is 37.8 Å². The molecule has 0 bridgehead atoms. The number of nitrogens with zero attached hydrogens (tertiary/aromatic N) is 2. The largest absolute Gasteiger partial charge is 0.491 e. The number of rotatable bonds is 10. The Morgan fingerprint density at radius 3 is 2.37 bits per heavy atom. The number of anilines is 1. The van der Waals surface area contributed by atoms with Crippen LogP contribution in [0.1, 0.15) is 32.3 Å². The SMILES string of the molecule is CCOc1cc(CN2CCC(Nc3nc4cc(OS(C)(=O)=O)ccc4o3)CC2)cc(OCC)c1F. The summed E-state index contributed by atoms with van der Waals surface area (Å²) in [5.41, 5.74) is 1.99. The molecule has 0 saturated carbocycles. The number of aromatic nitrogens is 1. The van der Waals surface area contributed by atoms with Gasteiger partial charge in [0, 0.05) is 31.7 Å². The van der Waals surface area contributed by atoms with E-state index in [-0.39, 0.29) is 23.3 Å². The Hall–Kier alpha value is -3.05. The molecular formula is C24H30FN3O6S. The predicted molar refractivity (Wildman–Crippen MR) is 130 cm³/mol. The molecule has 1 aliphatic heterocycles. The van der Waals surface area contributed by atoms with Crippen molar-refractivity contribution in [2.45, 2.75) is 39.3 Å². The van der Waals surface area contributed by atoms with Crippen molar-refractivity contribution in [2.24, 2.45) is 0 Å². The number of benzene rings is 2. The fourth-order valence-corrected chi connectivity index (χ4v) is 4.56. The number of halogens is 1. The van der Waals surface area contributed by atoms with Gasteiger partial charge < -0.3 is 23.4 Å². The number of piperidine rings is 1. The lowest BCUT2D eigenvalue weighted by molar-refractivity contribution is 0.209. The van der Waals surface area contributed by atoms with Crippen LogP contribution in [0.15, 0.2) is 34.7 Å². The molecule has 0 aliphatic carbocycles. The summed E-state index contributed by atoms with van der Waals surface area (Å²) in [4.78, 5) is 6.72. The lowest BCUT2D eigenvalue weighted by Crippen LogP contribution is -2.38. The molecule has 9 nitrogen and oxygen atoms in total. The molecule has 0 unspecified atom stereocenters. The van der Waals surface area contributed by atoms with Gasteiger partial charge in [0.2, 0.25) is 5.82 Å². The van der Waals surface area contributed by atoms with Gasteiger partial charge in [-0.05, 0) is 56.5 Å². The summed E-state index contributed by atoms with van der Waals surface area (Å²) < 4.78 is 58.8. The van der Waals surface area contributed by atoms with Crippen molar-refractivity contribution in [1.82, 2.24) is 9.88 Å². The first kappa shape index (κ1) is 25.1. The molecule has 1 aliphatic rings. The van der Waals surface area contributed by atoms with E-state index in [9.17, 15) is 12.8 Å². The minimum absolute atomic E-state index is 0.178. The van der Waals surface area contributed by atoms with E-state index in [4.69, 9.17) is 18.1 Å². The molecule has 1 fully saturated rings. The van der Waals surface area contributed by atoms with Crippen molar-refractivity contribution in [3.63, 3.8) is 0 Å². The van der Waals surface area contributed by atoms with Gasteiger partial charge in [-0.25, -0.2) is 0 Å². The molecule has 0 atom stereocenters. The van der Waals surface area contributed by atoms with Gasteiger partial charge >= 0.3 is 10.1 Å². The number of nitrogens with one attached hydrogen (secondary N) is 1. The van der Waals surface area contributed by atoms with E-state index in [2.05, 4.69) is 15.2 Å². The highest BCUT2D eigenvalue weighted by Crippen LogP contribution is 2.31. The predicted octanol–water partition coefficient (Wildman–Crippen LogP) is 4.18. The van der Waals surface area contributed by atoms with E-state index in [0.29, 0.717) is 36.9 Å². The summed E-state index contributed by atoms with van der Waals surface area (Å²) in [6.07, 6.45) is 2.74. The highest BCUT2D eigenvalue weighted by molar-refractivity contribution is 7.86. The summed E-state index contributed by atoms with van der Waals surface area (Å²) in [6.45, 7) is 6.76. The van der Waals surface area contributed by atoms with E-state index in [1.54, 1.807) is 18.2 Å². The Bertz CT molecular complexity index is 1240. The molecule has 11 heteroatoms. The van der Waals surface area contributed by atoms with Gasteiger partial charge in [0.1, 0.15) is 11.3 Å². The van der Waals surface area contributed by atoms with Crippen molar-refractivity contribution < 1.29 is 30.9 Å². The number of ether oxygens (including phenoxy) is 2. The summed E-state index contributed by atoms with van der Waals surface area (Å²) in [5, 5.41) is 3.33. The molecule has 2 heterocycles. The van der Waals surface area contributed by atoms with Crippen LogP contribution in [0, 0.1) is 5.82 Å². The van der Waals surface area contributed by atoms with Gasteiger partial charge in [0.25, 0.3) is 6.01 Å². The zero-order chi connectivity index (χ0) is 25.0. The molecule has 190 valence electrons. The molecule has 35 heavy (non-hydrogen) atoms. The molecule has 2 aromatic carbocycles. The van der Waals surface area contributed by atoms with Gasteiger partial charge in [-0.15, -0.1) is 0 Å². The van der Waals surface area contributed by atoms with E-state index in [1.807, 2.05) is 13.8 Å². The summed E-state index contributed by atoms with van der Waals surface area (Å²) in [7, 11) is -3.61. The molecule has 1 N–H and O–H groups in total. The number of hydrogen-bond acceptors (Lipinski definition) is 9. The van der Waals surface area contributed by atoms with Crippen molar-refractivity contribution in [1.29, 1.82) is 0 Å². The van der Waals surface area contributed by atoms with Crippen LogP contribution in [-0.2, 0) is 16.7 Å². The molecule has 0 amide bonds. The van der Waals surface area contributed by atoms with Crippen molar-refractivity contribution in [3.05, 3.63) is 41.7 Å². The molecule has 0 radical (unpaired) electrons. The molecule has 1 saturated heterocycles. The van der Waals surface area contributed by atoms with Gasteiger partial charge in [0.05, 0.1) is 19.5 Å². The highest BCUT2D eigenvalue weighted by Gasteiger charge is 2.22. The quantitative estimate of drug-likeness (QED) is 0.405. The average molecular weight is 508 g/mol. The molecular weight excluding hydrogens is 477 g/mol. The Kier molecular flexibility index (Phi) is 7.66. The van der Waals surface area contributed by atoms with Crippen molar-refractivity contribution in [2.75, 3.05) is 37.9 Å². The Morgan fingerprint density at radius 2 is 1.77 bits per heavy atom. The maximum atomic E-state index is 14.5. The van der Waals surface area contributed by atoms with Crippen LogP contribution in [0.2, 0.25) is 0 Å². The normalized spacial score (nSPS) is 15.3. The maximum absolute atomic E-state index is 14.5. The fourth-order valence-electron chi connectivity index (χ4n) is 4.10. The van der Waals surface area contributed by atoms with E-state index < -0.39 is 15.9 Å². The second-order valence-electron chi connectivity index (χ2n) is 8.40. The monoisotopic (exact) mass is 507 g/mol. The minimum atomic E-state index is -3.61. The maximum Gasteiger partial charge on any atom is 0.306 e. The summed E-state index contributed by atoms with van der Waals surface area (Å²) in [5.74, 6) is 0.153. The standard InChI is InChI=1S/C24H30FN3O6S/c1-4-31-21-12-16(13-22(23(21)25)32-5-2)15-28-10-8-17(9-11-28)26-24-27-19-14-18(34-35(3,29)30)6-7-20(19)33-24/h6-7,12-14,17H,4-5,8-11,15H2,1-3H3,(H,26,27). The van der Waals surface area contributed by atoms with Gasteiger partial charge in [-0.1, -0.05) is 0 Å². The number of fused-ring (bicyclic) bond motifs is 1.